The summed E-state index contributed by atoms with van der Waals surface area (Å²) in [5, 5.41) is 9.69. The van der Waals surface area contributed by atoms with Gasteiger partial charge >= 0.3 is 5.91 Å². The van der Waals surface area contributed by atoms with Gasteiger partial charge in [0.25, 0.3) is 0 Å². The van der Waals surface area contributed by atoms with Crippen LogP contribution in [0.5, 0.6) is 0 Å². The fourth-order valence-corrected chi connectivity index (χ4v) is 1.13. The average Bonchev–Trinajstić information content (AvgIpc) is 2.77. The maximum atomic E-state index is 11.4. The molecule has 0 bridgehead atoms. The van der Waals surface area contributed by atoms with E-state index in [1.54, 1.807) is 0 Å². The van der Waals surface area contributed by atoms with Crippen LogP contribution < -0.4 is 11.2 Å². The van der Waals surface area contributed by atoms with Crippen molar-refractivity contribution in [3.8, 4) is 0 Å². The molecule has 0 radical (unpaired) electrons. The fraction of sp³-hybridized carbons (Fsp3) is 0. The third kappa shape index (κ3) is 2.88. The number of carbonyl (C=O) groups is 1. The Morgan fingerprint density at radius 2 is 2.18 bits per heavy atom. The number of benzene rings is 1. The molecule has 0 aliphatic heterocycles. The van der Waals surface area contributed by atoms with Gasteiger partial charge in [0, 0.05) is 0 Å². The maximum Gasteiger partial charge on any atom is 0.308 e. The third-order valence-electron chi connectivity index (χ3n) is 1.90. The Balaban J connectivity index is 1.95. The molecule has 0 fully saturated rings. The highest BCUT2D eigenvalue weighted by molar-refractivity contribution is 5.91. The number of aromatic amines is 1. The molecule has 0 saturated carbocycles. The Hall–Kier alpha value is -2.70. The zero-order valence-corrected chi connectivity index (χ0v) is 8.79. The summed E-state index contributed by atoms with van der Waals surface area (Å²) < 4.78 is 0. The minimum Gasteiger partial charge on any atom is -0.366 e. The first-order chi connectivity index (χ1) is 8.25. The number of nitrogens with one attached hydrogen (secondary N) is 2. The van der Waals surface area contributed by atoms with Gasteiger partial charge in [0.15, 0.2) is 0 Å². The first-order valence-corrected chi connectivity index (χ1v) is 4.82. The van der Waals surface area contributed by atoms with Crippen molar-refractivity contribution < 1.29 is 4.79 Å². The van der Waals surface area contributed by atoms with E-state index in [-0.39, 0.29) is 11.8 Å². The van der Waals surface area contributed by atoms with Crippen LogP contribution in [-0.2, 0) is 0 Å². The molecule has 0 atom stereocenters. The Morgan fingerprint density at radius 3 is 2.82 bits per heavy atom. The quantitative estimate of drug-likeness (QED) is 0.515. The minimum atomic E-state index is -0.499. The molecule has 1 aromatic carbocycles. The van der Waals surface area contributed by atoms with Crippen molar-refractivity contribution in [3.63, 3.8) is 0 Å². The molecular formula is C10H10N6O. The summed E-state index contributed by atoms with van der Waals surface area (Å²) in [4.78, 5) is 15.1. The Labute approximate surface area is 96.8 Å². The largest absolute Gasteiger partial charge is 0.366 e. The summed E-state index contributed by atoms with van der Waals surface area (Å²) in [5.74, 6) is -0.462. The van der Waals surface area contributed by atoms with Gasteiger partial charge in [0.2, 0.25) is 11.8 Å². The van der Waals surface area contributed by atoms with Crippen molar-refractivity contribution in [2.75, 3.05) is 5.73 Å². The highest BCUT2D eigenvalue weighted by atomic mass is 16.2. The first-order valence-electron chi connectivity index (χ1n) is 4.82. The number of nitrogens with zero attached hydrogens (tertiary/aromatic N) is 3. The number of anilines is 1. The van der Waals surface area contributed by atoms with Gasteiger partial charge in [-0.25, -0.2) is 5.43 Å². The van der Waals surface area contributed by atoms with Crippen molar-refractivity contribution in [3.05, 3.63) is 41.7 Å². The van der Waals surface area contributed by atoms with E-state index in [0.29, 0.717) is 0 Å². The van der Waals surface area contributed by atoms with Gasteiger partial charge in [0.1, 0.15) is 0 Å². The standard InChI is InChI=1S/C10H10N6O/c11-10-13-8(14-16-10)9(17)15-12-6-7-4-2-1-3-5-7/h1-6H,(H,15,17)(H3,11,13,14,16)/b12-6+. The number of nitrogens with two attached hydrogens (primary N) is 1. The van der Waals surface area contributed by atoms with Crippen LogP contribution in [0.4, 0.5) is 5.95 Å². The Kier molecular flexibility index (Phi) is 3.10. The second-order valence-corrected chi connectivity index (χ2v) is 3.15. The lowest BCUT2D eigenvalue weighted by molar-refractivity contribution is 0.0945. The number of amides is 1. The molecule has 86 valence electrons. The molecule has 2 aromatic rings. The number of hydrogen-bond acceptors (Lipinski definition) is 5. The maximum absolute atomic E-state index is 11.4. The fourth-order valence-electron chi connectivity index (χ4n) is 1.13. The number of aromatic nitrogens is 3. The highest BCUT2D eigenvalue weighted by Gasteiger charge is 2.08. The van der Waals surface area contributed by atoms with Crippen molar-refractivity contribution in [2.45, 2.75) is 0 Å². The van der Waals surface area contributed by atoms with Crippen molar-refractivity contribution in [1.82, 2.24) is 20.6 Å². The van der Waals surface area contributed by atoms with Gasteiger partial charge in [0.05, 0.1) is 6.21 Å². The first kappa shape index (κ1) is 10.8. The molecule has 0 saturated heterocycles. The number of carbonyl (C=O) groups excluding carboxylic acids is 1. The van der Waals surface area contributed by atoms with E-state index in [9.17, 15) is 4.79 Å². The van der Waals surface area contributed by atoms with Gasteiger partial charge in [-0.15, -0.1) is 5.10 Å². The van der Waals surface area contributed by atoms with E-state index >= 15 is 0 Å². The summed E-state index contributed by atoms with van der Waals surface area (Å²) in [6, 6.07) is 9.37. The van der Waals surface area contributed by atoms with E-state index < -0.39 is 5.91 Å². The van der Waals surface area contributed by atoms with Crippen LogP contribution in [0.2, 0.25) is 0 Å². The summed E-state index contributed by atoms with van der Waals surface area (Å²) in [6.07, 6.45) is 1.53. The topological polar surface area (TPSA) is 109 Å². The molecule has 1 aromatic heterocycles. The average molecular weight is 230 g/mol. The van der Waals surface area contributed by atoms with Crippen LogP contribution in [-0.4, -0.2) is 27.3 Å². The molecule has 17 heavy (non-hydrogen) atoms. The number of hydrazone groups is 1. The van der Waals surface area contributed by atoms with Crippen LogP contribution in [0.25, 0.3) is 0 Å². The van der Waals surface area contributed by atoms with E-state index in [1.807, 2.05) is 30.3 Å². The minimum absolute atomic E-state index is 0.0159. The van der Waals surface area contributed by atoms with Gasteiger partial charge in [-0.1, -0.05) is 30.3 Å². The van der Waals surface area contributed by atoms with Crippen LogP contribution in [0, 0.1) is 0 Å². The number of rotatable bonds is 3. The molecule has 7 heteroatoms. The monoisotopic (exact) mass is 230 g/mol. The molecule has 2 rings (SSSR count). The second-order valence-electron chi connectivity index (χ2n) is 3.15. The molecule has 0 aliphatic rings. The molecule has 0 aliphatic carbocycles. The molecule has 7 nitrogen and oxygen atoms in total. The molecular weight excluding hydrogens is 220 g/mol. The lowest BCUT2D eigenvalue weighted by Crippen LogP contribution is -2.19. The van der Waals surface area contributed by atoms with E-state index in [1.165, 1.54) is 6.21 Å². The number of hydrogen-bond donors (Lipinski definition) is 3. The zero-order valence-electron chi connectivity index (χ0n) is 8.79. The van der Waals surface area contributed by atoms with Gasteiger partial charge in [-0.05, 0) is 5.56 Å². The molecule has 0 unspecified atom stereocenters. The Bertz CT molecular complexity index is 533. The highest BCUT2D eigenvalue weighted by Crippen LogP contribution is 1.94. The summed E-state index contributed by atoms with van der Waals surface area (Å²) in [5.41, 5.74) is 8.45. The van der Waals surface area contributed by atoms with Crippen LogP contribution in [0.15, 0.2) is 35.4 Å². The van der Waals surface area contributed by atoms with Gasteiger partial charge in [-0.3, -0.25) is 9.89 Å². The van der Waals surface area contributed by atoms with E-state index in [4.69, 9.17) is 5.73 Å². The summed E-state index contributed by atoms with van der Waals surface area (Å²) in [7, 11) is 0. The molecule has 4 N–H and O–H groups in total. The lowest BCUT2D eigenvalue weighted by atomic mass is 10.2. The van der Waals surface area contributed by atoms with Crippen molar-refractivity contribution >= 4 is 18.1 Å². The normalized spacial score (nSPS) is 10.6. The second kappa shape index (κ2) is 4.88. The number of nitrogen functional groups attached to an aromatic ring is 1. The van der Waals surface area contributed by atoms with Crippen LogP contribution in [0.3, 0.4) is 0 Å². The van der Waals surface area contributed by atoms with Crippen LogP contribution in [0.1, 0.15) is 16.2 Å². The van der Waals surface area contributed by atoms with Crippen molar-refractivity contribution in [2.24, 2.45) is 5.10 Å². The third-order valence-corrected chi connectivity index (χ3v) is 1.90. The lowest BCUT2D eigenvalue weighted by Gasteiger charge is -1.94. The van der Waals surface area contributed by atoms with Gasteiger partial charge < -0.3 is 5.73 Å². The van der Waals surface area contributed by atoms with E-state index in [2.05, 4.69) is 25.7 Å². The SMILES string of the molecule is Nc1n[nH]c(C(=O)N/N=C/c2ccccc2)n1. The predicted molar refractivity (Wildman–Crippen MR) is 62.3 cm³/mol. The molecule has 0 spiro atoms. The summed E-state index contributed by atoms with van der Waals surface area (Å²) in [6.45, 7) is 0. The molecule has 1 amide bonds. The molecule has 1 heterocycles. The van der Waals surface area contributed by atoms with Gasteiger partial charge in [-0.2, -0.15) is 10.1 Å². The summed E-state index contributed by atoms with van der Waals surface area (Å²) >= 11 is 0. The number of H-pyrrole nitrogens is 1. The Morgan fingerprint density at radius 1 is 1.41 bits per heavy atom. The zero-order chi connectivity index (χ0) is 12.1. The smallest absolute Gasteiger partial charge is 0.308 e. The van der Waals surface area contributed by atoms with E-state index in [0.717, 1.165) is 5.56 Å². The predicted octanol–water partition coefficient (Wildman–Crippen LogP) is 0.151. The van der Waals surface area contributed by atoms with Crippen LogP contribution >= 0.6 is 0 Å². The van der Waals surface area contributed by atoms with Crippen molar-refractivity contribution in [1.29, 1.82) is 0 Å².